The number of piperidine rings is 1. The van der Waals surface area contributed by atoms with Crippen LogP contribution in [-0.2, 0) is 16.1 Å². The van der Waals surface area contributed by atoms with Gasteiger partial charge in [-0.15, -0.1) is 0 Å². The van der Waals surface area contributed by atoms with E-state index in [1.165, 1.54) is 32.1 Å². The number of nitrogens with zero attached hydrogens (tertiary/aromatic N) is 2. The van der Waals surface area contributed by atoms with Crippen LogP contribution in [0.25, 0.3) is 0 Å². The Morgan fingerprint density at radius 1 is 1.26 bits per heavy atom. The number of esters is 1. The average molecular weight is 318 g/mol. The number of likely N-dealkylation sites (tertiary alicyclic amines) is 1. The summed E-state index contributed by atoms with van der Waals surface area (Å²) in [5.41, 5.74) is 1.38. The summed E-state index contributed by atoms with van der Waals surface area (Å²) < 4.78 is 4.69. The molecule has 1 aromatic rings. The molecule has 1 heterocycles. The van der Waals surface area contributed by atoms with Gasteiger partial charge in [0.25, 0.3) is 0 Å². The van der Waals surface area contributed by atoms with E-state index in [0.717, 1.165) is 38.5 Å². The van der Waals surface area contributed by atoms with Crippen LogP contribution in [0.3, 0.4) is 0 Å². The second kappa shape index (κ2) is 9.68. The molecule has 0 radical (unpaired) electrons. The molecular weight excluding hydrogens is 288 g/mol. The predicted molar refractivity (Wildman–Crippen MR) is 93.2 cm³/mol. The van der Waals surface area contributed by atoms with Crippen molar-refractivity contribution in [2.45, 2.75) is 32.2 Å². The monoisotopic (exact) mass is 318 g/mol. The van der Waals surface area contributed by atoms with E-state index < -0.39 is 0 Å². The SMILES string of the molecule is COC(=O)CCCN1CCC(CN(C)Cc2ccccc2)CC1. The summed E-state index contributed by atoms with van der Waals surface area (Å²) in [5.74, 6) is 0.697. The molecule has 0 bridgehead atoms. The van der Waals surface area contributed by atoms with Crippen molar-refractivity contribution in [3.05, 3.63) is 35.9 Å². The Kier molecular flexibility index (Phi) is 7.56. The van der Waals surface area contributed by atoms with E-state index in [1.54, 1.807) is 0 Å². The molecule has 4 heteroatoms. The van der Waals surface area contributed by atoms with E-state index in [2.05, 4.69) is 51.9 Å². The molecule has 2 rings (SSSR count). The van der Waals surface area contributed by atoms with Gasteiger partial charge in [0.05, 0.1) is 7.11 Å². The Labute approximate surface area is 140 Å². The summed E-state index contributed by atoms with van der Waals surface area (Å²) in [7, 11) is 3.68. The number of carbonyl (C=O) groups is 1. The summed E-state index contributed by atoms with van der Waals surface area (Å²) in [4.78, 5) is 16.1. The molecule has 128 valence electrons. The van der Waals surface area contributed by atoms with E-state index in [0.29, 0.717) is 6.42 Å². The Morgan fingerprint density at radius 3 is 2.61 bits per heavy atom. The number of carbonyl (C=O) groups excluding carboxylic acids is 1. The fourth-order valence-electron chi connectivity index (χ4n) is 3.34. The molecule has 0 N–H and O–H groups in total. The minimum Gasteiger partial charge on any atom is -0.469 e. The van der Waals surface area contributed by atoms with Crippen LogP contribution in [0.1, 0.15) is 31.2 Å². The maximum atomic E-state index is 11.1. The summed E-state index contributed by atoms with van der Waals surface area (Å²) in [6.07, 6.45) is 3.97. The van der Waals surface area contributed by atoms with Crippen LogP contribution in [-0.4, -0.2) is 56.1 Å². The summed E-state index contributed by atoms with van der Waals surface area (Å²) in [6.45, 7) is 5.53. The van der Waals surface area contributed by atoms with Crippen molar-refractivity contribution in [2.24, 2.45) is 5.92 Å². The third-order valence-corrected chi connectivity index (χ3v) is 4.66. The number of rotatable bonds is 8. The second-order valence-electron chi connectivity index (χ2n) is 6.65. The van der Waals surface area contributed by atoms with Crippen LogP contribution in [0.2, 0.25) is 0 Å². The van der Waals surface area contributed by atoms with Crippen molar-refractivity contribution in [2.75, 3.05) is 40.3 Å². The molecule has 1 aliphatic heterocycles. The molecule has 0 amide bonds. The first-order chi connectivity index (χ1) is 11.2. The van der Waals surface area contributed by atoms with Crippen molar-refractivity contribution in [3.63, 3.8) is 0 Å². The van der Waals surface area contributed by atoms with Crippen molar-refractivity contribution in [1.82, 2.24) is 9.80 Å². The van der Waals surface area contributed by atoms with Gasteiger partial charge in [-0.05, 0) is 57.4 Å². The van der Waals surface area contributed by atoms with Gasteiger partial charge in [-0.1, -0.05) is 30.3 Å². The number of benzene rings is 1. The molecule has 0 saturated carbocycles. The topological polar surface area (TPSA) is 32.8 Å². The van der Waals surface area contributed by atoms with Crippen LogP contribution in [0.5, 0.6) is 0 Å². The molecule has 23 heavy (non-hydrogen) atoms. The van der Waals surface area contributed by atoms with Gasteiger partial charge in [0.15, 0.2) is 0 Å². The van der Waals surface area contributed by atoms with Gasteiger partial charge in [0.2, 0.25) is 0 Å². The van der Waals surface area contributed by atoms with Crippen LogP contribution in [0.4, 0.5) is 0 Å². The number of ether oxygens (including phenoxy) is 1. The smallest absolute Gasteiger partial charge is 0.305 e. The van der Waals surface area contributed by atoms with Crippen LogP contribution in [0, 0.1) is 5.92 Å². The number of methoxy groups -OCH3 is 1. The normalized spacial score (nSPS) is 16.7. The zero-order chi connectivity index (χ0) is 16.5. The summed E-state index contributed by atoms with van der Waals surface area (Å²) >= 11 is 0. The lowest BCUT2D eigenvalue weighted by Crippen LogP contribution is -2.38. The minimum absolute atomic E-state index is 0.0950. The Balaban J connectivity index is 1.61. The Hall–Kier alpha value is -1.39. The highest BCUT2D eigenvalue weighted by atomic mass is 16.5. The van der Waals surface area contributed by atoms with Crippen LogP contribution in [0.15, 0.2) is 30.3 Å². The van der Waals surface area contributed by atoms with E-state index in [-0.39, 0.29) is 5.97 Å². The molecular formula is C19H30N2O2. The van der Waals surface area contributed by atoms with Crippen molar-refractivity contribution >= 4 is 5.97 Å². The minimum atomic E-state index is -0.0950. The number of hydrogen-bond acceptors (Lipinski definition) is 4. The maximum absolute atomic E-state index is 11.1. The highest BCUT2D eigenvalue weighted by Gasteiger charge is 2.20. The maximum Gasteiger partial charge on any atom is 0.305 e. The molecule has 1 aliphatic rings. The lowest BCUT2D eigenvalue weighted by molar-refractivity contribution is -0.140. The van der Waals surface area contributed by atoms with Crippen molar-refractivity contribution in [1.29, 1.82) is 0 Å². The van der Waals surface area contributed by atoms with Crippen molar-refractivity contribution < 1.29 is 9.53 Å². The van der Waals surface area contributed by atoms with Crippen LogP contribution >= 0.6 is 0 Å². The van der Waals surface area contributed by atoms with Gasteiger partial charge in [-0.2, -0.15) is 0 Å². The molecule has 1 saturated heterocycles. The second-order valence-corrected chi connectivity index (χ2v) is 6.65. The van der Waals surface area contributed by atoms with Gasteiger partial charge in [0.1, 0.15) is 0 Å². The Morgan fingerprint density at radius 2 is 1.96 bits per heavy atom. The lowest BCUT2D eigenvalue weighted by atomic mass is 9.96. The first kappa shape index (κ1) is 18.0. The third-order valence-electron chi connectivity index (χ3n) is 4.66. The molecule has 0 unspecified atom stereocenters. The molecule has 0 aromatic heterocycles. The molecule has 0 atom stereocenters. The fourth-order valence-corrected chi connectivity index (χ4v) is 3.34. The summed E-state index contributed by atoms with van der Waals surface area (Å²) in [5, 5.41) is 0. The molecule has 1 aromatic carbocycles. The van der Waals surface area contributed by atoms with Gasteiger partial charge in [0, 0.05) is 19.5 Å². The van der Waals surface area contributed by atoms with E-state index in [1.807, 2.05) is 0 Å². The molecule has 0 aliphatic carbocycles. The van der Waals surface area contributed by atoms with Gasteiger partial charge in [-0.25, -0.2) is 0 Å². The van der Waals surface area contributed by atoms with Gasteiger partial charge < -0.3 is 14.5 Å². The quantitative estimate of drug-likeness (QED) is 0.690. The standard InChI is InChI=1S/C19H30N2O2/c1-20(15-17-7-4-3-5-8-17)16-18-10-13-21(14-11-18)12-6-9-19(22)23-2/h3-5,7-8,18H,6,9-16H2,1-2H3. The lowest BCUT2D eigenvalue weighted by Gasteiger charge is -2.33. The predicted octanol–water partition coefficient (Wildman–Crippen LogP) is 2.78. The highest BCUT2D eigenvalue weighted by molar-refractivity contribution is 5.69. The third kappa shape index (κ3) is 6.71. The Bertz CT molecular complexity index is 456. The van der Waals surface area contributed by atoms with E-state index in [9.17, 15) is 4.79 Å². The van der Waals surface area contributed by atoms with Gasteiger partial charge >= 0.3 is 5.97 Å². The average Bonchev–Trinajstić information content (AvgIpc) is 2.57. The number of hydrogen-bond donors (Lipinski definition) is 0. The molecule has 0 spiro atoms. The van der Waals surface area contributed by atoms with Gasteiger partial charge in [-0.3, -0.25) is 4.79 Å². The van der Waals surface area contributed by atoms with Crippen LogP contribution < -0.4 is 0 Å². The molecule has 4 nitrogen and oxygen atoms in total. The van der Waals surface area contributed by atoms with E-state index in [4.69, 9.17) is 0 Å². The van der Waals surface area contributed by atoms with Crippen molar-refractivity contribution in [3.8, 4) is 0 Å². The molecule has 1 fully saturated rings. The fraction of sp³-hybridized carbons (Fsp3) is 0.632. The largest absolute Gasteiger partial charge is 0.469 e. The first-order valence-electron chi connectivity index (χ1n) is 8.69. The highest BCUT2D eigenvalue weighted by Crippen LogP contribution is 2.19. The van der Waals surface area contributed by atoms with E-state index >= 15 is 0 Å². The summed E-state index contributed by atoms with van der Waals surface area (Å²) in [6, 6.07) is 10.7. The zero-order valence-corrected chi connectivity index (χ0v) is 14.5. The zero-order valence-electron chi connectivity index (χ0n) is 14.5. The first-order valence-corrected chi connectivity index (χ1v) is 8.69.